The van der Waals surface area contributed by atoms with E-state index in [-0.39, 0.29) is 14.6 Å². The lowest BCUT2D eigenvalue weighted by atomic mass is 9.84. The summed E-state index contributed by atoms with van der Waals surface area (Å²) in [5.41, 5.74) is 1.56. The Morgan fingerprint density at radius 1 is 0.941 bits per heavy atom. The lowest BCUT2D eigenvalue weighted by Crippen LogP contribution is -2.52. The van der Waals surface area contributed by atoms with Crippen LogP contribution < -0.4 is 10.6 Å². The molecule has 51 heavy (non-hydrogen) atoms. The number of sulfonamides is 1. The van der Waals surface area contributed by atoms with E-state index in [0.717, 1.165) is 17.5 Å². The first-order valence-corrected chi connectivity index (χ1v) is 18.0. The maximum atomic E-state index is 14.8. The molecule has 270 valence electrons. The highest BCUT2D eigenvalue weighted by Crippen LogP contribution is 2.41. The molecule has 5 aromatic rings. The molecule has 0 radical (unpaired) electrons. The third-order valence-electron chi connectivity index (χ3n) is 8.24. The molecule has 0 saturated heterocycles. The van der Waals surface area contributed by atoms with Crippen molar-refractivity contribution in [1.82, 2.24) is 25.1 Å². The van der Waals surface area contributed by atoms with Crippen LogP contribution in [0.25, 0.3) is 10.9 Å². The quantitative estimate of drug-likeness (QED) is 0.115. The van der Waals surface area contributed by atoms with Crippen molar-refractivity contribution in [3.05, 3.63) is 118 Å². The third-order valence-corrected chi connectivity index (χ3v) is 11.6. The predicted molar refractivity (Wildman–Crippen MR) is 185 cm³/mol. The first-order valence-electron chi connectivity index (χ1n) is 15.7. The van der Waals surface area contributed by atoms with Gasteiger partial charge in [0.2, 0.25) is 15.9 Å². The second kappa shape index (κ2) is 15.6. The number of carbonyl (C=O) groups is 2. The van der Waals surface area contributed by atoms with Crippen LogP contribution in [0.4, 0.5) is 18.0 Å². The second-order valence-electron chi connectivity index (χ2n) is 11.9. The zero-order chi connectivity index (χ0) is 36.9. The van der Waals surface area contributed by atoms with Crippen LogP contribution in [0.3, 0.4) is 0 Å². The van der Waals surface area contributed by atoms with Gasteiger partial charge in [0.1, 0.15) is 6.04 Å². The molecule has 2 aromatic heterocycles. The van der Waals surface area contributed by atoms with Gasteiger partial charge in [-0.3, -0.25) is 9.89 Å². The number of nitrogens with one attached hydrogen (secondary N) is 3. The molecule has 11 nitrogen and oxygen atoms in total. The van der Waals surface area contributed by atoms with Crippen molar-refractivity contribution in [3.63, 3.8) is 0 Å². The number of aromatic nitrogens is 2. The molecular weight excluding hydrogens is 708 g/mol. The van der Waals surface area contributed by atoms with Gasteiger partial charge in [-0.1, -0.05) is 60.7 Å². The number of carbonyl (C=O) groups excluding carboxylic acids is 2. The van der Waals surface area contributed by atoms with Crippen molar-refractivity contribution < 1.29 is 41.0 Å². The van der Waals surface area contributed by atoms with Crippen LogP contribution in [0.1, 0.15) is 52.7 Å². The number of fused-ring (bicyclic) bond motifs is 1. The standard InChI is InChI=1S/C35H36F3N5O6S2/c1-21(2)43(51(47,48)25-15-14-24-19-39-42-26(24)18-25)27(20-44)28-16-17-29(50-28)32(35(36,37)38)41-33(45)31(40-34(46)49-3)30(22-10-6-4-7-11-22)23-12-8-5-9-13-23/h4-19,21,27,30-32,44H,20H2,1-3H3,(H,39,42)(H,40,46)(H,41,45)/t27-,31+,32-/m1/s1. The van der Waals surface area contributed by atoms with Crippen LogP contribution in [-0.4, -0.2) is 72.0 Å². The number of aliphatic hydroxyl groups is 1. The largest absolute Gasteiger partial charge is 0.453 e. The Morgan fingerprint density at radius 2 is 1.55 bits per heavy atom. The van der Waals surface area contributed by atoms with E-state index in [0.29, 0.717) is 33.4 Å². The molecule has 4 N–H and O–H groups in total. The van der Waals surface area contributed by atoms with Crippen molar-refractivity contribution in [2.45, 2.75) is 55.0 Å². The van der Waals surface area contributed by atoms with Crippen LogP contribution in [0, 0.1) is 0 Å². The van der Waals surface area contributed by atoms with Gasteiger partial charge < -0.3 is 20.5 Å². The summed E-state index contributed by atoms with van der Waals surface area (Å²) in [4.78, 5) is 26.1. The van der Waals surface area contributed by atoms with Crippen LogP contribution in [-0.2, 0) is 19.6 Å². The van der Waals surface area contributed by atoms with Crippen molar-refractivity contribution in [1.29, 1.82) is 0 Å². The van der Waals surface area contributed by atoms with Gasteiger partial charge in [0.05, 0.1) is 36.4 Å². The summed E-state index contributed by atoms with van der Waals surface area (Å²) in [5, 5.41) is 22.3. The minimum Gasteiger partial charge on any atom is -0.453 e. The van der Waals surface area contributed by atoms with Crippen molar-refractivity contribution in [3.8, 4) is 0 Å². The molecule has 3 aromatic carbocycles. The molecule has 0 fully saturated rings. The summed E-state index contributed by atoms with van der Waals surface area (Å²) in [5.74, 6) is -2.06. The Balaban J connectivity index is 1.50. The van der Waals surface area contributed by atoms with Crippen LogP contribution in [0.15, 0.2) is 102 Å². The molecule has 5 rings (SSSR count). The number of benzene rings is 3. The van der Waals surface area contributed by atoms with Crippen LogP contribution >= 0.6 is 11.3 Å². The van der Waals surface area contributed by atoms with E-state index in [1.165, 1.54) is 24.4 Å². The summed E-state index contributed by atoms with van der Waals surface area (Å²) in [6, 6.07) is 17.8. The van der Waals surface area contributed by atoms with Gasteiger partial charge in [0.15, 0.2) is 6.04 Å². The number of hydrogen-bond donors (Lipinski definition) is 4. The summed E-state index contributed by atoms with van der Waals surface area (Å²) in [6.07, 6.45) is -4.51. The van der Waals surface area contributed by atoms with E-state index in [1.807, 2.05) is 0 Å². The molecule has 16 heteroatoms. The van der Waals surface area contributed by atoms with Crippen molar-refractivity contribution in [2.24, 2.45) is 0 Å². The number of ether oxygens (including phenoxy) is 1. The molecule has 0 unspecified atom stereocenters. The number of hydrogen-bond acceptors (Lipinski definition) is 8. The van der Waals surface area contributed by atoms with E-state index in [1.54, 1.807) is 80.6 Å². The van der Waals surface area contributed by atoms with Gasteiger partial charge in [-0.2, -0.15) is 22.6 Å². The number of alkyl halides is 3. The summed E-state index contributed by atoms with van der Waals surface area (Å²) >= 11 is 0.606. The van der Waals surface area contributed by atoms with E-state index in [2.05, 4.69) is 20.8 Å². The van der Waals surface area contributed by atoms with Crippen LogP contribution in [0.2, 0.25) is 0 Å². The molecule has 3 atom stereocenters. The van der Waals surface area contributed by atoms with Gasteiger partial charge >= 0.3 is 12.3 Å². The Hall–Kier alpha value is -4.77. The van der Waals surface area contributed by atoms with Crippen molar-refractivity contribution >= 4 is 44.3 Å². The molecule has 2 heterocycles. The summed E-state index contributed by atoms with van der Waals surface area (Å²) in [7, 11) is -3.21. The Kier molecular flexibility index (Phi) is 11.5. The minimum absolute atomic E-state index is 0.0980. The topological polar surface area (TPSA) is 154 Å². The Morgan fingerprint density at radius 3 is 2.10 bits per heavy atom. The predicted octanol–water partition coefficient (Wildman–Crippen LogP) is 6.03. The fourth-order valence-electron chi connectivity index (χ4n) is 5.93. The first-order chi connectivity index (χ1) is 24.3. The number of nitrogens with zero attached hydrogens (tertiary/aromatic N) is 2. The SMILES string of the molecule is COC(=O)N[C@H](C(=O)N[C@H](c1ccc([C@@H](CO)N(C(C)C)S(=O)(=O)c2ccc3cn[nH]c3c2)s1)C(F)(F)F)C(c1ccccc1)c1ccccc1. The maximum absolute atomic E-state index is 14.8. The molecule has 0 aliphatic rings. The molecular formula is C35H36F3N5O6S2. The molecule has 0 saturated carbocycles. The molecule has 0 aliphatic carbocycles. The van der Waals surface area contributed by atoms with Gasteiger partial charge in [-0.25, -0.2) is 13.2 Å². The van der Waals surface area contributed by atoms with Gasteiger partial charge in [0.25, 0.3) is 0 Å². The fraction of sp³-hybridized carbons (Fsp3) is 0.286. The number of amides is 2. The molecule has 2 amide bonds. The average Bonchev–Trinajstić information content (AvgIpc) is 3.79. The van der Waals surface area contributed by atoms with E-state index in [9.17, 15) is 36.3 Å². The molecule has 0 spiro atoms. The maximum Gasteiger partial charge on any atom is 0.413 e. The highest BCUT2D eigenvalue weighted by atomic mass is 32.2. The van der Waals surface area contributed by atoms with Crippen LogP contribution in [0.5, 0.6) is 0 Å². The monoisotopic (exact) mass is 743 g/mol. The third kappa shape index (κ3) is 8.25. The first kappa shape index (κ1) is 37.5. The minimum atomic E-state index is -5.01. The van der Waals surface area contributed by atoms with E-state index >= 15 is 0 Å². The normalized spacial score (nSPS) is 14.1. The van der Waals surface area contributed by atoms with E-state index in [4.69, 9.17) is 4.74 Å². The number of H-pyrrole nitrogens is 1. The number of alkyl carbamates (subject to hydrolysis) is 1. The highest BCUT2D eigenvalue weighted by molar-refractivity contribution is 7.89. The number of methoxy groups -OCH3 is 1. The smallest absolute Gasteiger partial charge is 0.413 e. The second-order valence-corrected chi connectivity index (χ2v) is 14.9. The number of aliphatic hydroxyl groups excluding tert-OH is 1. The number of rotatable bonds is 13. The molecule has 0 aliphatic heterocycles. The lowest BCUT2D eigenvalue weighted by molar-refractivity contribution is -0.163. The van der Waals surface area contributed by atoms with Crippen molar-refractivity contribution in [2.75, 3.05) is 13.7 Å². The number of thiophene rings is 1. The zero-order valence-corrected chi connectivity index (χ0v) is 29.3. The number of halogens is 3. The Bertz CT molecular complexity index is 2020. The van der Waals surface area contributed by atoms with E-state index < -0.39 is 64.9 Å². The fourth-order valence-corrected chi connectivity index (χ4v) is 9.00. The summed E-state index contributed by atoms with van der Waals surface area (Å²) in [6.45, 7) is 2.44. The van der Waals surface area contributed by atoms with Gasteiger partial charge in [-0.15, -0.1) is 11.3 Å². The lowest BCUT2D eigenvalue weighted by Gasteiger charge is -2.32. The van der Waals surface area contributed by atoms with Gasteiger partial charge in [0, 0.05) is 27.1 Å². The average molecular weight is 744 g/mol. The number of aromatic amines is 1. The summed E-state index contributed by atoms with van der Waals surface area (Å²) < 4.78 is 78.1. The zero-order valence-electron chi connectivity index (χ0n) is 27.7. The Labute approximate surface area is 296 Å². The molecule has 0 bridgehead atoms. The van der Waals surface area contributed by atoms with Gasteiger partial charge in [-0.05, 0) is 55.3 Å². The highest BCUT2D eigenvalue weighted by Gasteiger charge is 2.46.